The molecule has 2 fully saturated rings. The predicted octanol–water partition coefficient (Wildman–Crippen LogP) is 2.64. The SMILES string of the molecule is c1ccc(-c2cc(CN3CCN(CC4CCCO4)CC3)on2)cc1. The van der Waals surface area contributed by atoms with Crippen molar-refractivity contribution >= 4 is 0 Å². The van der Waals surface area contributed by atoms with Crippen LogP contribution in [-0.4, -0.2) is 60.4 Å². The number of piperazine rings is 1. The van der Waals surface area contributed by atoms with E-state index in [0.717, 1.165) is 62.9 Å². The Labute approximate surface area is 143 Å². The summed E-state index contributed by atoms with van der Waals surface area (Å²) in [6, 6.07) is 12.2. The molecule has 2 aliphatic rings. The van der Waals surface area contributed by atoms with E-state index < -0.39 is 0 Å². The van der Waals surface area contributed by atoms with Gasteiger partial charge in [-0.05, 0) is 12.8 Å². The van der Waals surface area contributed by atoms with Crippen molar-refractivity contribution in [3.63, 3.8) is 0 Å². The second kappa shape index (κ2) is 7.47. The van der Waals surface area contributed by atoms with E-state index in [2.05, 4.69) is 33.2 Å². The van der Waals surface area contributed by atoms with Gasteiger partial charge in [0.1, 0.15) is 5.69 Å². The van der Waals surface area contributed by atoms with Gasteiger partial charge in [-0.1, -0.05) is 35.5 Å². The fourth-order valence-electron chi connectivity index (χ4n) is 3.56. The molecule has 1 aromatic heterocycles. The average Bonchev–Trinajstić information content (AvgIpc) is 3.29. The highest BCUT2D eigenvalue weighted by molar-refractivity contribution is 5.58. The summed E-state index contributed by atoms with van der Waals surface area (Å²) in [7, 11) is 0. The molecule has 0 radical (unpaired) electrons. The molecule has 0 saturated carbocycles. The zero-order chi connectivity index (χ0) is 16.2. The first-order valence-electron chi connectivity index (χ1n) is 8.94. The quantitative estimate of drug-likeness (QED) is 0.844. The minimum Gasteiger partial charge on any atom is -0.377 e. The van der Waals surface area contributed by atoms with Gasteiger partial charge in [0.15, 0.2) is 5.76 Å². The van der Waals surface area contributed by atoms with E-state index in [1.165, 1.54) is 12.8 Å². The number of ether oxygens (including phenoxy) is 1. The van der Waals surface area contributed by atoms with Crippen molar-refractivity contribution in [1.82, 2.24) is 15.0 Å². The van der Waals surface area contributed by atoms with E-state index in [9.17, 15) is 0 Å². The first kappa shape index (κ1) is 15.8. The fraction of sp³-hybridized carbons (Fsp3) is 0.526. The molecule has 0 aliphatic carbocycles. The molecule has 2 aliphatic heterocycles. The Hall–Kier alpha value is -1.69. The molecular weight excluding hydrogens is 302 g/mol. The third kappa shape index (κ3) is 3.86. The molecule has 3 heterocycles. The van der Waals surface area contributed by atoms with Crippen molar-refractivity contribution in [1.29, 1.82) is 0 Å². The van der Waals surface area contributed by atoms with Crippen LogP contribution in [0.3, 0.4) is 0 Å². The summed E-state index contributed by atoms with van der Waals surface area (Å²) in [6.45, 7) is 7.25. The maximum absolute atomic E-state index is 5.74. The molecule has 24 heavy (non-hydrogen) atoms. The smallest absolute Gasteiger partial charge is 0.151 e. The van der Waals surface area contributed by atoms with E-state index in [0.29, 0.717) is 6.10 Å². The average molecular weight is 327 g/mol. The van der Waals surface area contributed by atoms with Crippen molar-refractivity contribution in [3.8, 4) is 11.3 Å². The Bertz CT molecular complexity index is 629. The monoisotopic (exact) mass is 327 g/mol. The molecular formula is C19H25N3O2. The normalized spacial score (nSPS) is 22.9. The van der Waals surface area contributed by atoms with Gasteiger partial charge in [-0.25, -0.2) is 0 Å². The van der Waals surface area contributed by atoms with Crippen LogP contribution in [0.2, 0.25) is 0 Å². The minimum absolute atomic E-state index is 0.458. The van der Waals surface area contributed by atoms with Gasteiger partial charge >= 0.3 is 0 Å². The molecule has 5 nitrogen and oxygen atoms in total. The largest absolute Gasteiger partial charge is 0.377 e. The summed E-state index contributed by atoms with van der Waals surface area (Å²) in [5, 5.41) is 4.21. The lowest BCUT2D eigenvalue weighted by Crippen LogP contribution is -2.48. The lowest BCUT2D eigenvalue weighted by molar-refractivity contribution is 0.0472. The molecule has 1 unspecified atom stereocenters. The first-order chi connectivity index (χ1) is 11.9. The van der Waals surface area contributed by atoms with Crippen molar-refractivity contribution in [2.75, 3.05) is 39.3 Å². The summed E-state index contributed by atoms with van der Waals surface area (Å²) in [5.41, 5.74) is 2.02. The number of hydrogen-bond donors (Lipinski definition) is 0. The Kier molecular flexibility index (Phi) is 4.92. The standard InChI is InChI=1S/C19H25N3O2/c1-2-5-16(6-3-1)19-13-18(24-20-19)15-22-10-8-21(9-11-22)14-17-7-4-12-23-17/h1-3,5-6,13,17H,4,7-12,14-15H2. The first-order valence-corrected chi connectivity index (χ1v) is 8.94. The lowest BCUT2D eigenvalue weighted by atomic mass is 10.1. The van der Waals surface area contributed by atoms with Crippen LogP contribution < -0.4 is 0 Å². The molecule has 4 rings (SSSR count). The molecule has 128 valence electrons. The number of benzene rings is 1. The number of rotatable bonds is 5. The lowest BCUT2D eigenvalue weighted by Gasteiger charge is -2.35. The van der Waals surface area contributed by atoms with Crippen LogP contribution in [0.5, 0.6) is 0 Å². The van der Waals surface area contributed by atoms with E-state index in [4.69, 9.17) is 9.26 Å². The zero-order valence-electron chi connectivity index (χ0n) is 14.1. The van der Waals surface area contributed by atoms with Crippen LogP contribution in [0.25, 0.3) is 11.3 Å². The van der Waals surface area contributed by atoms with Crippen LogP contribution in [-0.2, 0) is 11.3 Å². The van der Waals surface area contributed by atoms with Gasteiger partial charge in [0.2, 0.25) is 0 Å². The van der Waals surface area contributed by atoms with Gasteiger partial charge in [-0.3, -0.25) is 9.80 Å². The van der Waals surface area contributed by atoms with Gasteiger partial charge in [-0.2, -0.15) is 0 Å². The second-order valence-corrected chi connectivity index (χ2v) is 6.76. The van der Waals surface area contributed by atoms with Crippen LogP contribution in [0, 0.1) is 0 Å². The van der Waals surface area contributed by atoms with Crippen LogP contribution >= 0.6 is 0 Å². The Morgan fingerprint density at radius 3 is 2.58 bits per heavy atom. The van der Waals surface area contributed by atoms with E-state index in [-0.39, 0.29) is 0 Å². The Balaban J connectivity index is 1.27. The molecule has 1 atom stereocenters. The molecule has 1 aromatic carbocycles. The van der Waals surface area contributed by atoms with Gasteiger partial charge in [-0.15, -0.1) is 0 Å². The minimum atomic E-state index is 0.458. The van der Waals surface area contributed by atoms with Crippen molar-refractivity contribution in [2.24, 2.45) is 0 Å². The van der Waals surface area contributed by atoms with Crippen molar-refractivity contribution < 1.29 is 9.26 Å². The van der Waals surface area contributed by atoms with Crippen molar-refractivity contribution in [3.05, 3.63) is 42.2 Å². The number of nitrogens with zero attached hydrogens (tertiary/aromatic N) is 3. The van der Waals surface area contributed by atoms with Crippen LogP contribution in [0.4, 0.5) is 0 Å². The molecule has 0 amide bonds. The molecule has 0 N–H and O–H groups in total. The zero-order valence-corrected chi connectivity index (χ0v) is 14.1. The van der Waals surface area contributed by atoms with Crippen LogP contribution in [0.1, 0.15) is 18.6 Å². The highest BCUT2D eigenvalue weighted by Crippen LogP contribution is 2.20. The van der Waals surface area contributed by atoms with Crippen molar-refractivity contribution in [2.45, 2.75) is 25.5 Å². The van der Waals surface area contributed by atoms with E-state index in [1.807, 2.05) is 18.2 Å². The molecule has 0 spiro atoms. The summed E-state index contributed by atoms with van der Waals surface area (Å²) in [4.78, 5) is 4.98. The van der Waals surface area contributed by atoms with Gasteiger partial charge in [0.25, 0.3) is 0 Å². The summed E-state index contributed by atoms with van der Waals surface area (Å²) in [6.07, 6.45) is 2.90. The molecule has 5 heteroatoms. The maximum Gasteiger partial charge on any atom is 0.151 e. The Morgan fingerprint density at radius 1 is 1.04 bits per heavy atom. The predicted molar refractivity (Wildman–Crippen MR) is 92.6 cm³/mol. The second-order valence-electron chi connectivity index (χ2n) is 6.76. The molecule has 0 bridgehead atoms. The highest BCUT2D eigenvalue weighted by atomic mass is 16.5. The summed E-state index contributed by atoms with van der Waals surface area (Å²) >= 11 is 0. The third-order valence-corrected chi connectivity index (χ3v) is 4.96. The molecule has 2 aromatic rings. The van der Waals surface area contributed by atoms with Gasteiger partial charge in [0, 0.05) is 51.0 Å². The number of hydrogen-bond acceptors (Lipinski definition) is 5. The van der Waals surface area contributed by atoms with Crippen LogP contribution in [0.15, 0.2) is 40.9 Å². The van der Waals surface area contributed by atoms with Gasteiger partial charge in [0.05, 0.1) is 12.6 Å². The maximum atomic E-state index is 5.74. The fourth-order valence-corrected chi connectivity index (χ4v) is 3.56. The van der Waals surface area contributed by atoms with E-state index in [1.54, 1.807) is 0 Å². The summed E-state index contributed by atoms with van der Waals surface area (Å²) in [5.74, 6) is 0.946. The summed E-state index contributed by atoms with van der Waals surface area (Å²) < 4.78 is 11.3. The topological polar surface area (TPSA) is 41.7 Å². The highest BCUT2D eigenvalue weighted by Gasteiger charge is 2.23. The number of aromatic nitrogens is 1. The van der Waals surface area contributed by atoms with E-state index >= 15 is 0 Å². The third-order valence-electron chi connectivity index (χ3n) is 4.96. The van der Waals surface area contributed by atoms with Gasteiger partial charge < -0.3 is 9.26 Å². The Morgan fingerprint density at radius 2 is 1.83 bits per heavy atom. The molecule has 2 saturated heterocycles.